The predicted octanol–water partition coefficient (Wildman–Crippen LogP) is 2.68. The number of hydrogen-bond acceptors (Lipinski definition) is 6. The molecule has 1 N–H and O–H groups in total. The van der Waals surface area contributed by atoms with Crippen LogP contribution in [0, 0.1) is 0 Å². The molecule has 2 aromatic heterocycles. The Morgan fingerprint density at radius 3 is 2.62 bits per heavy atom. The summed E-state index contributed by atoms with van der Waals surface area (Å²) in [6.07, 6.45) is 9.76. The summed E-state index contributed by atoms with van der Waals surface area (Å²) in [6, 6.07) is 6.57. The fourth-order valence-corrected chi connectivity index (χ4v) is 5.05. The lowest BCUT2D eigenvalue weighted by molar-refractivity contribution is -0.0729. The zero-order valence-corrected chi connectivity index (χ0v) is 15.0. The fourth-order valence-electron chi connectivity index (χ4n) is 5.05. The molecular weight excluding hydrogens is 328 g/mol. The summed E-state index contributed by atoms with van der Waals surface area (Å²) < 4.78 is 5.53. The van der Waals surface area contributed by atoms with Gasteiger partial charge in [-0.15, -0.1) is 0 Å². The first-order valence-corrected chi connectivity index (χ1v) is 9.80. The van der Waals surface area contributed by atoms with E-state index in [9.17, 15) is 5.11 Å². The summed E-state index contributed by atoms with van der Waals surface area (Å²) >= 11 is 0. The topological polar surface area (TPSA) is 65.6 Å². The second kappa shape index (κ2) is 6.35. The molecule has 2 atom stereocenters. The van der Waals surface area contributed by atoms with Crippen molar-refractivity contribution in [1.82, 2.24) is 14.9 Å². The Morgan fingerprint density at radius 1 is 1.15 bits per heavy atom. The molecule has 138 valence electrons. The van der Waals surface area contributed by atoms with E-state index in [2.05, 4.69) is 14.8 Å². The molecule has 0 radical (unpaired) electrons. The number of aliphatic hydroxyl groups is 1. The molecule has 0 amide bonds. The van der Waals surface area contributed by atoms with Crippen LogP contribution in [0.3, 0.4) is 0 Å². The van der Waals surface area contributed by atoms with Gasteiger partial charge in [0.2, 0.25) is 5.95 Å². The number of aromatic nitrogens is 2. The number of hydrogen-bond donors (Lipinski definition) is 1. The van der Waals surface area contributed by atoms with Crippen molar-refractivity contribution >= 4 is 5.95 Å². The van der Waals surface area contributed by atoms with Gasteiger partial charge < -0.3 is 14.4 Å². The minimum Gasteiger partial charge on any atom is -0.466 e. The Morgan fingerprint density at radius 2 is 1.92 bits per heavy atom. The maximum atomic E-state index is 11.1. The lowest BCUT2D eigenvalue weighted by Gasteiger charge is -2.42. The van der Waals surface area contributed by atoms with Gasteiger partial charge in [0.05, 0.1) is 12.0 Å². The van der Waals surface area contributed by atoms with E-state index in [1.165, 1.54) is 12.8 Å². The van der Waals surface area contributed by atoms with Crippen molar-refractivity contribution in [2.75, 3.05) is 18.0 Å². The van der Waals surface area contributed by atoms with E-state index in [1.54, 1.807) is 6.26 Å². The summed E-state index contributed by atoms with van der Waals surface area (Å²) in [7, 11) is 0. The maximum absolute atomic E-state index is 11.1. The van der Waals surface area contributed by atoms with Gasteiger partial charge in [-0.1, -0.05) is 0 Å². The highest BCUT2D eigenvalue weighted by atomic mass is 16.4. The highest BCUT2D eigenvalue weighted by Crippen LogP contribution is 2.46. The minimum atomic E-state index is -0.821. The van der Waals surface area contributed by atoms with Crippen LogP contribution in [-0.4, -0.2) is 45.1 Å². The van der Waals surface area contributed by atoms with Crippen LogP contribution >= 0.6 is 0 Å². The van der Waals surface area contributed by atoms with Crippen molar-refractivity contribution in [3.05, 3.63) is 42.1 Å². The zero-order valence-electron chi connectivity index (χ0n) is 15.0. The van der Waals surface area contributed by atoms with Crippen LogP contribution in [0.15, 0.2) is 35.1 Å². The number of furan rings is 1. The van der Waals surface area contributed by atoms with E-state index in [-0.39, 0.29) is 0 Å². The van der Waals surface area contributed by atoms with Crippen LogP contribution < -0.4 is 4.90 Å². The van der Waals surface area contributed by atoms with Crippen LogP contribution in [0.4, 0.5) is 5.95 Å². The van der Waals surface area contributed by atoms with E-state index >= 15 is 0 Å². The molecule has 6 heteroatoms. The van der Waals surface area contributed by atoms with Crippen molar-refractivity contribution in [3.8, 4) is 0 Å². The maximum Gasteiger partial charge on any atom is 0.225 e. The quantitative estimate of drug-likeness (QED) is 0.911. The van der Waals surface area contributed by atoms with Crippen LogP contribution in [0.1, 0.15) is 50.0 Å². The van der Waals surface area contributed by atoms with Crippen molar-refractivity contribution in [2.45, 2.75) is 62.8 Å². The fraction of sp³-hybridized carbons (Fsp3) is 0.600. The molecular formula is C20H26N4O2. The molecule has 5 heterocycles. The molecule has 3 aliphatic rings. The highest BCUT2D eigenvalue weighted by Gasteiger charge is 2.49. The second-order valence-corrected chi connectivity index (χ2v) is 8.02. The van der Waals surface area contributed by atoms with E-state index in [1.807, 2.05) is 24.4 Å². The van der Waals surface area contributed by atoms with Gasteiger partial charge in [0.25, 0.3) is 0 Å². The van der Waals surface area contributed by atoms with Gasteiger partial charge in [0.15, 0.2) is 0 Å². The number of nitrogens with zero attached hydrogens (tertiary/aromatic N) is 4. The minimum absolute atomic E-state index is 0.383. The van der Waals surface area contributed by atoms with Crippen molar-refractivity contribution < 1.29 is 9.52 Å². The average Bonchev–Trinajstić information content (AvgIpc) is 3.39. The number of rotatable bonds is 4. The Hall–Kier alpha value is -1.92. The van der Waals surface area contributed by atoms with Crippen LogP contribution in [0.5, 0.6) is 0 Å². The summed E-state index contributed by atoms with van der Waals surface area (Å²) in [5.41, 5.74) is 0.264. The molecule has 3 fully saturated rings. The van der Waals surface area contributed by atoms with Gasteiger partial charge >= 0.3 is 0 Å². The van der Waals surface area contributed by atoms with Crippen LogP contribution in [0.2, 0.25) is 0 Å². The van der Waals surface area contributed by atoms with Crippen LogP contribution in [-0.2, 0) is 12.1 Å². The van der Waals surface area contributed by atoms with Gasteiger partial charge in [-0.2, -0.15) is 0 Å². The standard InChI is InChI=1S/C20H26N4O2/c25-20(18-4-3-11-26-18)12-16-5-6-17(13-20)24(16)14-15-7-8-21-19(22-15)23-9-1-2-10-23/h3-4,7-8,11,16-17,25H,1-2,5-6,9-10,12-14H2. The molecule has 2 bridgehead atoms. The third-order valence-electron chi connectivity index (χ3n) is 6.33. The Balaban J connectivity index is 1.32. The molecule has 0 saturated carbocycles. The molecule has 0 spiro atoms. The average molecular weight is 354 g/mol. The lowest BCUT2D eigenvalue weighted by Crippen LogP contribution is -2.49. The summed E-state index contributed by atoms with van der Waals surface area (Å²) in [4.78, 5) is 14.1. The first-order chi connectivity index (χ1) is 12.7. The SMILES string of the molecule is OC1(c2ccco2)CC2CCC(C1)N2Cc1ccnc(N2CCCC2)n1. The second-order valence-electron chi connectivity index (χ2n) is 8.02. The molecule has 5 rings (SSSR count). The lowest BCUT2D eigenvalue weighted by atomic mass is 9.84. The Bertz CT molecular complexity index is 743. The summed E-state index contributed by atoms with van der Waals surface area (Å²) in [5, 5.41) is 11.1. The molecule has 6 nitrogen and oxygen atoms in total. The molecule has 3 saturated heterocycles. The van der Waals surface area contributed by atoms with Crippen molar-refractivity contribution in [2.24, 2.45) is 0 Å². The first kappa shape index (κ1) is 16.3. The van der Waals surface area contributed by atoms with Gasteiger partial charge in [0.1, 0.15) is 11.4 Å². The Kier molecular flexibility index (Phi) is 3.98. The monoisotopic (exact) mass is 354 g/mol. The predicted molar refractivity (Wildman–Crippen MR) is 97.7 cm³/mol. The highest BCUT2D eigenvalue weighted by molar-refractivity contribution is 5.31. The van der Waals surface area contributed by atoms with E-state index in [4.69, 9.17) is 9.40 Å². The number of anilines is 1. The summed E-state index contributed by atoms with van der Waals surface area (Å²) in [6.45, 7) is 2.97. The van der Waals surface area contributed by atoms with Crippen molar-refractivity contribution in [1.29, 1.82) is 0 Å². The molecule has 0 aliphatic carbocycles. The van der Waals surface area contributed by atoms with Gasteiger partial charge in [-0.3, -0.25) is 4.90 Å². The largest absolute Gasteiger partial charge is 0.466 e. The normalized spacial score (nSPS) is 31.7. The Labute approximate surface area is 153 Å². The summed E-state index contributed by atoms with van der Waals surface area (Å²) in [5.74, 6) is 1.59. The molecule has 0 aromatic carbocycles. The molecule has 26 heavy (non-hydrogen) atoms. The van der Waals surface area contributed by atoms with Gasteiger partial charge in [0, 0.05) is 37.9 Å². The smallest absolute Gasteiger partial charge is 0.225 e. The molecule has 2 aromatic rings. The first-order valence-electron chi connectivity index (χ1n) is 9.80. The van der Waals surface area contributed by atoms with E-state index < -0.39 is 5.60 Å². The molecule has 2 unspecified atom stereocenters. The van der Waals surface area contributed by atoms with Gasteiger partial charge in [-0.05, 0) is 56.7 Å². The zero-order chi connectivity index (χ0) is 17.6. The third kappa shape index (κ3) is 2.81. The molecule has 3 aliphatic heterocycles. The number of fused-ring (bicyclic) bond motifs is 2. The van der Waals surface area contributed by atoms with Crippen molar-refractivity contribution in [3.63, 3.8) is 0 Å². The van der Waals surface area contributed by atoms with Crippen LogP contribution in [0.25, 0.3) is 0 Å². The van der Waals surface area contributed by atoms with E-state index in [0.29, 0.717) is 17.8 Å². The number of piperidine rings is 1. The van der Waals surface area contributed by atoms with E-state index in [0.717, 1.165) is 57.0 Å². The third-order valence-corrected chi connectivity index (χ3v) is 6.33. The van der Waals surface area contributed by atoms with Gasteiger partial charge in [-0.25, -0.2) is 9.97 Å².